The molecule has 1 amide bonds. The van der Waals surface area contributed by atoms with E-state index in [0.717, 1.165) is 35.4 Å². The molecule has 2 aliphatic rings. The number of aliphatic imine (C=N–C) groups is 1. The van der Waals surface area contributed by atoms with Crippen molar-refractivity contribution in [2.75, 3.05) is 19.7 Å². The topological polar surface area (TPSA) is 64.0 Å². The Balaban J connectivity index is 1.25. The number of carbonyl (C=O) groups excluding carboxylic acids is 1. The number of carbonyl (C=O) groups is 1. The van der Waals surface area contributed by atoms with Crippen LogP contribution in [0.25, 0.3) is 6.08 Å². The van der Waals surface area contributed by atoms with Crippen LogP contribution in [0.15, 0.2) is 59.2 Å². The average Bonchev–Trinajstić information content (AvgIpc) is 2.81. The van der Waals surface area contributed by atoms with Gasteiger partial charge in [-0.2, -0.15) is 0 Å². The Morgan fingerprint density at radius 3 is 2.67 bits per heavy atom. The summed E-state index contributed by atoms with van der Waals surface area (Å²) in [5.41, 5.74) is 2.98. The minimum Gasteiger partial charge on any atom is -0.489 e. The number of rotatable bonds is 6. The van der Waals surface area contributed by atoms with Crippen LogP contribution in [0.4, 0.5) is 19.0 Å². The zero-order valence-electron chi connectivity index (χ0n) is 17.7. The molecular formula is C24H22F3N3O3. The molecule has 0 spiro atoms. The predicted molar refractivity (Wildman–Crippen MR) is 118 cm³/mol. The first-order valence-corrected chi connectivity index (χ1v) is 10.5. The highest BCUT2D eigenvalue weighted by Gasteiger charge is 2.31. The molecule has 9 heteroatoms. The molecule has 33 heavy (non-hydrogen) atoms. The highest BCUT2D eigenvalue weighted by molar-refractivity contribution is 5.92. The van der Waals surface area contributed by atoms with Gasteiger partial charge in [0.2, 0.25) is 5.91 Å². The second kappa shape index (κ2) is 9.89. The molecule has 6 nitrogen and oxygen atoms in total. The number of pyridine rings is 1. The van der Waals surface area contributed by atoms with Crippen molar-refractivity contribution in [2.24, 2.45) is 4.99 Å². The average molecular weight is 457 g/mol. The summed E-state index contributed by atoms with van der Waals surface area (Å²) < 4.78 is 46.1. The van der Waals surface area contributed by atoms with E-state index >= 15 is 0 Å². The summed E-state index contributed by atoms with van der Waals surface area (Å²) in [6.07, 6.45) is 6.55. The molecule has 0 atom stereocenters. The number of halogens is 3. The van der Waals surface area contributed by atoms with E-state index in [2.05, 4.69) is 14.7 Å². The van der Waals surface area contributed by atoms with Crippen LogP contribution in [0, 0.1) is 0 Å². The van der Waals surface area contributed by atoms with Gasteiger partial charge in [0.1, 0.15) is 18.1 Å². The fourth-order valence-corrected chi connectivity index (χ4v) is 3.51. The first-order chi connectivity index (χ1) is 15.9. The molecule has 2 aliphatic heterocycles. The van der Waals surface area contributed by atoms with Gasteiger partial charge in [-0.25, -0.2) is 9.98 Å². The first kappa shape index (κ1) is 22.6. The molecule has 2 aromatic rings. The standard InChI is InChI=1S/C24H22F3N3O3/c25-24(26,27)33-21-6-4-20(5-7-21)32-16-17-9-12-30(13-10-17)22(31)8-3-18-14-19-2-1-11-28-23(19)29-15-18/h3-9,11,14-15H,1-2,10,12-13,16H2. The molecule has 1 aromatic heterocycles. The van der Waals surface area contributed by atoms with Crippen molar-refractivity contribution >= 4 is 24.0 Å². The summed E-state index contributed by atoms with van der Waals surface area (Å²) in [5.74, 6) is 0.804. The van der Waals surface area contributed by atoms with Crippen LogP contribution in [0.3, 0.4) is 0 Å². The fourth-order valence-electron chi connectivity index (χ4n) is 3.51. The third kappa shape index (κ3) is 6.44. The molecule has 0 saturated heterocycles. The number of ether oxygens (including phenoxy) is 2. The Kier molecular flexibility index (Phi) is 6.76. The van der Waals surface area contributed by atoms with E-state index in [0.29, 0.717) is 31.9 Å². The van der Waals surface area contributed by atoms with E-state index in [-0.39, 0.29) is 11.7 Å². The predicted octanol–water partition coefficient (Wildman–Crippen LogP) is 4.88. The summed E-state index contributed by atoms with van der Waals surface area (Å²) in [6.45, 7) is 1.34. The number of aryl methyl sites for hydroxylation is 1. The van der Waals surface area contributed by atoms with E-state index in [9.17, 15) is 18.0 Å². The molecule has 0 fully saturated rings. The summed E-state index contributed by atoms with van der Waals surface area (Å²) in [4.78, 5) is 22.8. The van der Waals surface area contributed by atoms with Crippen LogP contribution in [0.2, 0.25) is 0 Å². The minimum atomic E-state index is -4.72. The van der Waals surface area contributed by atoms with Crippen LogP contribution in [0.1, 0.15) is 24.0 Å². The number of fused-ring (bicyclic) bond motifs is 1. The van der Waals surface area contributed by atoms with Crippen molar-refractivity contribution in [2.45, 2.75) is 25.6 Å². The van der Waals surface area contributed by atoms with E-state index < -0.39 is 6.36 Å². The van der Waals surface area contributed by atoms with Crippen molar-refractivity contribution < 1.29 is 27.4 Å². The van der Waals surface area contributed by atoms with Gasteiger partial charge in [-0.05, 0) is 72.4 Å². The van der Waals surface area contributed by atoms with Gasteiger partial charge in [-0.15, -0.1) is 13.2 Å². The van der Waals surface area contributed by atoms with E-state index in [1.165, 1.54) is 24.3 Å². The zero-order chi connectivity index (χ0) is 23.3. The van der Waals surface area contributed by atoms with Crippen LogP contribution in [-0.2, 0) is 11.2 Å². The Hall–Kier alpha value is -3.62. The Morgan fingerprint density at radius 2 is 1.94 bits per heavy atom. The van der Waals surface area contributed by atoms with Gasteiger partial charge in [0.05, 0.1) is 0 Å². The van der Waals surface area contributed by atoms with Crippen molar-refractivity contribution in [1.82, 2.24) is 9.88 Å². The zero-order valence-corrected chi connectivity index (χ0v) is 17.7. The van der Waals surface area contributed by atoms with Gasteiger partial charge in [-0.3, -0.25) is 4.79 Å². The summed E-state index contributed by atoms with van der Waals surface area (Å²) in [5, 5.41) is 0. The lowest BCUT2D eigenvalue weighted by molar-refractivity contribution is -0.274. The van der Waals surface area contributed by atoms with E-state index in [4.69, 9.17) is 4.74 Å². The molecular weight excluding hydrogens is 435 g/mol. The second-order valence-corrected chi connectivity index (χ2v) is 7.64. The third-order valence-corrected chi connectivity index (χ3v) is 5.24. The SMILES string of the molecule is O=C(C=Cc1cnc2c(c1)CCC=N2)N1CC=C(COc2ccc(OC(F)(F)F)cc2)CC1. The van der Waals surface area contributed by atoms with Crippen molar-refractivity contribution in [1.29, 1.82) is 0 Å². The van der Waals surface area contributed by atoms with Gasteiger partial charge in [0, 0.05) is 31.6 Å². The largest absolute Gasteiger partial charge is 0.573 e. The van der Waals surface area contributed by atoms with E-state index in [1.54, 1.807) is 23.2 Å². The first-order valence-electron chi connectivity index (χ1n) is 10.5. The summed E-state index contributed by atoms with van der Waals surface area (Å²) in [7, 11) is 0. The van der Waals surface area contributed by atoms with Crippen molar-refractivity contribution in [3.8, 4) is 11.5 Å². The minimum absolute atomic E-state index is 0.0813. The lowest BCUT2D eigenvalue weighted by Crippen LogP contribution is -2.34. The Bertz CT molecular complexity index is 1090. The highest BCUT2D eigenvalue weighted by Crippen LogP contribution is 2.25. The lowest BCUT2D eigenvalue weighted by Gasteiger charge is -2.25. The van der Waals surface area contributed by atoms with Crippen molar-refractivity contribution in [3.05, 3.63) is 65.4 Å². The maximum Gasteiger partial charge on any atom is 0.573 e. The number of benzene rings is 1. The van der Waals surface area contributed by atoms with Gasteiger partial charge in [-0.1, -0.05) is 6.08 Å². The third-order valence-electron chi connectivity index (χ3n) is 5.24. The van der Waals surface area contributed by atoms with Crippen molar-refractivity contribution in [3.63, 3.8) is 0 Å². The van der Waals surface area contributed by atoms with Gasteiger partial charge < -0.3 is 14.4 Å². The molecule has 1 aromatic carbocycles. The quantitative estimate of drug-likeness (QED) is 0.458. The summed E-state index contributed by atoms with van der Waals surface area (Å²) in [6, 6.07) is 7.27. The molecule has 0 saturated carbocycles. The monoisotopic (exact) mass is 457 g/mol. The number of nitrogens with zero attached hydrogens (tertiary/aromatic N) is 3. The van der Waals surface area contributed by atoms with Gasteiger partial charge in [0.15, 0.2) is 5.82 Å². The summed E-state index contributed by atoms with van der Waals surface area (Å²) >= 11 is 0. The molecule has 0 N–H and O–H groups in total. The molecule has 0 radical (unpaired) electrons. The normalized spacial score (nSPS) is 15.8. The van der Waals surface area contributed by atoms with Crippen LogP contribution < -0.4 is 9.47 Å². The number of hydrogen-bond donors (Lipinski definition) is 0. The van der Waals surface area contributed by atoms with Crippen LogP contribution in [0.5, 0.6) is 11.5 Å². The second-order valence-electron chi connectivity index (χ2n) is 7.64. The molecule has 0 unspecified atom stereocenters. The highest BCUT2D eigenvalue weighted by atomic mass is 19.4. The molecule has 172 valence electrons. The number of aromatic nitrogens is 1. The fraction of sp³-hybridized carbons (Fsp3) is 0.292. The molecule has 0 aliphatic carbocycles. The maximum absolute atomic E-state index is 12.5. The van der Waals surface area contributed by atoms with E-state index in [1.807, 2.05) is 18.4 Å². The number of alkyl halides is 3. The van der Waals surface area contributed by atoms with Gasteiger partial charge >= 0.3 is 6.36 Å². The van der Waals surface area contributed by atoms with Crippen LogP contribution in [-0.4, -0.2) is 48.1 Å². The maximum atomic E-state index is 12.5. The molecule has 3 heterocycles. The smallest absolute Gasteiger partial charge is 0.489 e. The molecule has 0 bridgehead atoms. The number of amides is 1. The number of hydrogen-bond acceptors (Lipinski definition) is 5. The lowest BCUT2D eigenvalue weighted by atomic mass is 10.1. The Morgan fingerprint density at radius 1 is 1.15 bits per heavy atom. The van der Waals surface area contributed by atoms with Gasteiger partial charge in [0.25, 0.3) is 0 Å². The molecule has 4 rings (SSSR count). The van der Waals surface area contributed by atoms with Crippen LogP contribution >= 0.6 is 0 Å². The Labute approximate surface area is 189 Å².